The van der Waals surface area contributed by atoms with Gasteiger partial charge in [-0.25, -0.2) is 4.98 Å². The highest BCUT2D eigenvalue weighted by Crippen LogP contribution is 2.19. The summed E-state index contributed by atoms with van der Waals surface area (Å²) in [6, 6.07) is 0. The lowest BCUT2D eigenvalue weighted by molar-refractivity contribution is -0.0342. The normalized spacial score (nSPS) is 20.6. The van der Waals surface area contributed by atoms with Crippen molar-refractivity contribution < 1.29 is 4.74 Å². The summed E-state index contributed by atoms with van der Waals surface area (Å²) < 4.78 is 5.69. The molecule has 0 spiro atoms. The van der Waals surface area contributed by atoms with Crippen LogP contribution in [0.2, 0.25) is 0 Å². The van der Waals surface area contributed by atoms with Crippen molar-refractivity contribution in [2.24, 2.45) is 0 Å². The van der Waals surface area contributed by atoms with E-state index in [0.717, 1.165) is 26.1 Å². The Kier molecular flexibility index (Phi) is 4.55. The van der Waals surface area contributed by atoms with E-state index in [1.54, 1.807) is 0 Å². The van der Waals surface area contributed by atoms with Crippen LogP contribution in [0.4, 0.5) is 5.82 Å². The highest BCUT2D eigenvalue weighted by molar-refractivity contribution is 5.37. The second kappa shape index (κ2) is 6.16. The summed E-state index contributed by atoms with van der Waals surface area (Å²) in [5.41, 5.74) is 6.23. The predicted molar refractivity (Wildman–Crippen MR) is 74.1 cm³/mol. The number of ether oxygens (including phenoxy) is 1. The monoisotopic (exact) mass is 266 g/mol. The predicted octanol–water partition coefficient (Wildman–Crippen LogP) is 0.698. The van der Waals surface area contributed by atoms with Crippen LogP contribution >= 0.6 is 0 Å². The van der Waals surface area contributed by atoms with Gasteiger partial charge in [-0.15, -0.1) is 0 Å². The van der Waals surface area contributed by atoms with E-state index in [4.69, 9.17) is 10.5 Å². The fourth-order valence-electron chi connectivity index (χ4n) is 2.41. The molecule has 1 aromatic heterocycles. The molecule has 6 heteroatoms. The summed E-state index contributed by atoms with van der Waals surface area (Å²) in [5, 5.41) is 0. The topological polar surface area (TPSA) is 84.2 Å². The third-order valence-electron chi connectivity index (χ3n) is 3.41. The Bertz CT molecular complexity index is 484. The molecule has 1 aromatic rings. The van der Waals surface area contributed by atoms with E-state index in [-0.39, 0.29) is 11.7 Å². The Morgan fingerprint density at radius 3 is 2.95 bits per heavy atom. The Morgan fingerprint density at radius 2 is 2.32 bits per heavy atom. The molecule has 1 fully saturated rings. The zero-order chi connectivity index (χ0) is 13.8. The van der Waals surface area contributed by atoms with Crippen LogP contribution in [0.1, 0.15) is 37.8 Å². The standard InChI is InChI=1S/C13H22N4O2/c1-3-5-17-6-7-19-10(8-17)12-15-11(14)9(4-2)13(18)16-12/h10H,3-8H2,1-2H3,(H3,14,15,16,18). The van der Waals surface area contributed by atoms with Crippen molar-refractivity contribution in [3.63, 3.8) is 0 Å². The molecule has 2 heterocycles. The van der Waals surface area contributed by atoms with Gasteiger partial charge in [0.05, 0.1) is 12.2 Å². The number of nitrogens with zero attached hydrogens (tertiary/aromatic N) is 2. The summed E-state index contributed by atoms with van der Waals surface area (Å²) in [6.45, 7) is 7.41. The third-order valence-corrected chi connectivity index (χ3v) is 3.41. The molecule has 0 bridgehead atoms. The molecule has 106 valence electrons. The first-order valence-corrected chi connectivity index (χ1v) is 6.88. The molecule has 0 aromatic carbocycles. The molecule has 1 unspecified atom stereocenters. The lowest BCUT2D eigenvalue weighted by Crippen LogP contribution is -2.40. The maximum atomic E-state index is 11.9. The molecule has 1 aliphatic heterocycles. The van der Waals surface area contributed by atoms with Crippen LogP contribution in [0, 0.1) is 0 Å². The molecule has 1 aliphatic rings. The van der Waals surface area contributed by atoms with Crippen molar-refractivity contribution >= 4 is 5.82 Å². The fourth-order valence-corrected chi connectivity index (χ4v) is 2.41. The Balaban J connectivity index is 2.20. The number of H-pyrrole nitrogens is 1. The SMILES string of the molecule is CCCN1CCOC(c2nc(N)c(CC)c(=O)[nH]2)C1. The van der Waals surface area contributed by atoms with Crippen LogP contribution in [0.3, 0.4) is 0 Å². The first-order valence-electron chi connectivity index (χ1n) is 6.88. The molecule has 0 saturated carbocycles. The van der Waals surface area contributed by atoms with Crippen molar-refractivity contribution in [1.82, 2.24) is 14.9 Å². The van der Waals surface area contributed by atoms with Gasteiger partial charge >= 0.3 is 0 Å². The first kappa shape index (κ1) is 14.0. The van der Waals surface area contributed by atoms with E-state index in [2.05, 4.69) is 21.8 Å². The maximum Gasteiger partial charge on any atom is 0.256 e. The molecular formula is C13H22N4O2. The molecule has 0 aliphatic carbocycles. The van der Waals surface area contributed by atoms with Crippen molar-refractivity contribution in [1.29, 1.82) is 0 Å². The van der Waals surface area contributed by atoms with Crippen molar-refractivity contribution in [3.8, 4) is 0 Å². The summed E-state index contributed by atoms with van der Waals surface area (Å²) in [6.07, 6.45) is 1.50. The molecule has 0 radical (unpaired) electrons. The van der Waals surface area contributed by atoms with Gasteiger partial charge in [-0.3, -0.25) is 9.69 Å². The number of rotatable bonds is 4. The van der Waals surface area contributed by atoms with Gasteiger partial charge in [-0.1, -0.05) is 13.8 Å². The van der Waals surface area contributed by atoms with Crippen LogP contribution in [-0.4, -0.2) is 41.1 Å². The van der Waals surface area contributed by atoms with Crippen LogP contribution in [0.5, 0.6) is 0 Å². The summed E-state index contributed by atoms with van der Waals surface area (Å²) in [5.74, 6) is 0.859. The minimum Gasteiger partial charge on any atom is -0.383 e. The van der Waals surface area contributed by atoms with Crippen LogP contribution < -0.4 is 11.3 Å². The Labute approximate surface area is 113 Å². The average molecular weight is 266 g/mol. The lowest BCUT2D eigenvalue weighted by atomic mass is 10.2. The van der Waals surface area contributed by atoms with E-state index in [1.165, 1.54) is 0 Å². The molecule has 6 nitrogen and oxygen atoms in total. The Hall–Kier alpha value is -1.40. The van der Waals surface area contributed by atoms with E-state index in [0.29, 0.717) is 30.2 Å². The number of morpholine rings is 1. The average Bonchev–Trinajstić information content (AvgIpc) is 2.39. The zero-order valence-corrected chi connectivity index (χ0v) is 11.6. The molecule has 0 amide bonds. The fraction of sp³-hybridized carbons (Fsp3) is 0.692. The largest absolute Gasteiger partial charge is 0.383 e. The van der Waals surface area contributed by atoms with Gasteiger partial charge in [0.2, 0.25) is 0 Å². The maximum absolute atomic E-state index is 11.9. The second-order valence-corrected chi connectivity index (χ2v) is 4.83. The molecular weight excluding hydrogens is 244 g/mol. The molecule has 19 heavy (non-hydrogen) atoms. The summed E-state index contributed by atoms with van der Waals surface area (Å²) in [7, 11) is 0. The first-order chi connectivity index (χ1) is 9.15. The van der Waals surface area contributed by atoms with E-state index < -0.39 is 0 Å². The number of nitrogens with one attached hydrogen (secondary N) is 1. The highest BCUT2D eigenvalue weighted by Gasteiger charge is 2.24. The number of nitrogen functional groups attached to an aromatic ring is 1. The van der Waals surface area contributed by atoms with Crippen LogP contribution in [-0.2, 0) is 11.2 Å². The number of hydrogen-bond donors (Lipinski definition) is 2. The number of aromatic amines is 1. The number of hydrogen-bond acceptors (Lipinski definition) is 5. The number of anilines is 1. The van der Waals surface area contributed by atoms with Gasteiger partial charge in [0.15, 0.2) is 0 Å². The Morgan fingerprint density at radius 1 is 1.53 bits per heavy atom. The summed E-state index contributed by atoms with van der Waals surface area (Å²) in [4.78, 5) is 21.3. The number of aromatic nitrogens is 2. The van der Waals surface area contributed by atoms with Crippen molar-refractivity contribution in [3.05, 3.63) is 21.7 Å². The van der Waals surface area contributed by atoms with E-state index in [1.807, 2.05) is 6.92 Å². The minimum atomic E-state index is -0.193. The van der Waals surface area contributed by atoms with Gasteiger partial charge in [0.1, 0.15) is 17.7 Å². The number of nitrogens with two attached hydrogens (primary N) is 1. The van der Waals surface area contributed by atoms with Gasteiger partial charge in [-0.2, -0.15) is 0 Å². The van der Waals surface area contributed by atoms with Crippen molar-refractivity contribution in [2.45, 2.75) is 32.8 Å². The quantitative estimate of drug-likeness (QED) is 0.838. The van der Waals surface area contributed by atoms with Crippen LogP contribution in [0.15, 0.2) is 4.79 Å². The van der Waals surface area contributed by atoms with Gasteiger partial charge < -0.3 is 15.5 Å². The smallest absolute Gasteiger partial charge is 0.256 e. The van der Waals surface area contributed by atoms with Crippen LogP contribution in [0.25, 0.3) is 0 Å². The molecule has 3 N–H and O–H groups in total. The zero-order valence-electron chi connectivity index (χ0n) is 11.6. The van der Waals surface area contributed by atoms with Gasteiger partial charge in [-0.05, 0) is 19.4 Å². The molecule has 1 atom stereocenters. The van der Waals surface area contributed by atoms with E-state index in [9.17, 15) is 4.79 Å². The van der Waals surface area contributed by atoms with Gasteiger partial charge in [0, 0.05) is 13.1 Å². The second-order valence-electron chi connectivity index (χ2n) is 4.83. The van der Waals surface area contributed by atoms with Gasteiger partial charge in [0.25, 0.3) is 5.56 Å². The lowest BCUT2D eigenvalue weighted by Gasteiger charge is -2.32. The molecule has 1 saturated heterocycles. The minimum absolute atomic E-state index is 0.152. The molecule has 2 rings (SSSR count). The third kappa shape index (κ3) is 3.13. The van der Waals surface area contributed by atoms with Crippen molar-refractivity contribution in [2.75, 3.05) is 32.0 Å². The van der Waals surface area contributed by atoms with E-state index >= 15 is 0 Å². The highest BCUT2D eigenvalue weighted by atomic mass is 16.5. The summed E-state index contributed by atoms with van der Waals surface area (Å²) >= 11 is 0.